The summed E-state index contributed by atoms with van der Waals surface area (Å²) in [5.41, 5.74) is 7.43. The van der Waals surface area contributed by atoms with E-state index in [1.165, 1.54) is 0 Å². The number of nitrogens with two attached hydrogens (primary N) is 1. The molecule has 1 aliphatic rings. The SMILES string of the molecule is COc1ccc(CNC2(C)CCOCC2)cc1/C(N)=N/O. The zero-order chi connectivity index (χ0) is 15.3. The lowest BCUT2D eigenvalue weighted by molar-refractivity contribution is 0.0446. The van der Waals surface area contributed by atoms with Gasteiger partial charge in [0.2, 0.25) is 0 Å². The van der Waals surface area contributed by atoms with Gasteiger partial charge in [-0.2, -0.15) is 0 Å². The minimum absolute atomic E-state index is 0.0472. The Hall–Kier alpha value is -1.79. The Morgan fingerprint density at radius 1 is 1.48 bits per heavy atom. The number of benzene rings is 1. The minimum Gasteiger partial charge on any atom is -0.496 e. The van der Waals surface area contributed by atoms with Gasteiger partial charge in [-0.15, -0.1) is 0 Å². The highest BCUT2D eigenvalue weighted by molar-refractivity contribution is 5.99. The van der Waals surface area contributed by atoms with Crippen molar-refractivity contribution in [2.75, 3.05) is 20.3 Å². The average molecular weight is 293 g/mol. The van der Waals surface area contributed by atoms with Crippen LogP contribution < -0.4 is 15.8 Å². The molecule has 1 saturated heterocycles. The van der Waals surface area contributed by atoms with E-state index in [0.717, 1.165) is 31.6 Å². The van der Waals surface area contributed by atoms with Gasteiger partial charge in [-0.25, -0.2) is 0 Å². The quantitative estimate of drug-likeness (QED) is 0.331. The molecular formula is C15H23N3O3. The lowest BCUT2D eigenvalue weighted by Gasteiger charge is -2.34. The standard InChI is InChI=1S/C15H23N3O3/c1-15(5-7-21-8-6-15)17-10-11-3-4-13(20-2)12(9-11)14(16)18-19/h3-4,9,17,19H,5-8,10H2,1-2H3,(H2,16,18). The third kappa shape index (κ3) is 3.86. The van der Waals surface area contributed by atoms with E-state index in [1.807, 2.05) is 18.2 Å². The van der Waals surface area contributed by atoms with Crippen molar-refractivity contribution in [2.45, 2.75) is 31.8 Å². The molecule has 21 heavy (non-hydrogen) atoms. The number of methoxy groups -OCH3 is 1. The summed E-state index contributed by atoms with van der Waals surface area (Å²) in [5.74, 6) is 0.636. The molecule has 1 aromatic carbocycles. The lowest BCUT2D eigenvalue weighted by Crippen LogP contribution is -2.46. The lowest BCUT2D eigenvalue weighted by atomic mass is 9.92. The number of hydrogen-bond acceptors (Lipinski definition) is 5. The fraction of sp³-hybridized carbons (Fsp3) is 0.533. The Balaban J connectivity index is 2.10. The predicted molar refractivity (Wildman–Crippen MR) is 80.8 cm³/mol. The van der Waals surface area contributed by atoms with Crippen LogP contribution >= 0.6 is 0 Å². The van der Waals surface area contributed by atoms with Gasteiger partial charge >= 0.3 is 0 Å². The Morgan fingerprint density at radius 2 is 2.19 bits per heavy atom. The van der Waals surface area contributed by atoms with Gasteiger partial charge in [0.1, 0.15) is 5.75 Å². The molecule has 0 amide bonds. The van der Waals surface area contributed by atoms with Crippen LogP contribution in [0.25, 0.3) is 0 Å². The van der Waals surface area contributed by atoms with Gasteiger partial charge in [-0.3, -0.25) is 0 Å². The number of amidine groups is 1. The summed E-state index contributed by atoms with van der Waals surface area (Å²) in [6, 6.07) is 5.68. The number of nitrogens with zero attached hydrogens (tertiary/aromatic N) is 1. The number of ether oxygens (including phenoxy) is 2. The summed E-state index contributed by atoms with van der Waals surface area (Å²) in [4.78, 5) is 0. The van der Waals surface area contributed by atoms with Crippen LogP contribution in [0.5, 0.6) is 5.75 Å². The smallest absolute Gasteiger partial charge is 0.173 e. The van der Waals surface area contributed by atoms with Crippen LogP contribution in [0.2, 0.25) is 0 Å². The largest absolute Gasteiger partial charge is 0.496 e. The fourth-order valence-corrected chi connectivity index (χ4v) is 2.43. The molecule has 0 unspecified atom stereocenters. The van der Waals surface area contributed by atoms with Crippen molar-refractivity contribution in [3.8, 4) is 5.75 Å². The summed E-state index contributed by atoms with van der Waals surface area (Å²) in [6.45, 7) is 4.51. The minimum atomic E-state index is 0.0472. The molecule has 1 fully saturated rings. The Kier molecular flexibility index (Phi) is 5.03. The van der Waals surface area contributed by atoms with Gasteiger partial charge in [-0.05, 0) is 37.5 Å². The monoisotopic (exact) mass is 293 g/mol. The molecule has 2 rings (SSSR count). The molecular weight excluding hydrogens is 270 g/mol. The van der Waals surface area contributed by atoms with Gasteiger partial charge in [0.05, 0.1) is 12.7 Å². The van der Waals surface area contributed by atoms with Crippen LogP contribution in [0, 0.1) is 0 Å². The molecule has 0 bridgehead atoms. The van der Waals surface area contributed by atoms with E-state index in [1.54, 1.807) is 7.11 Å². The van der Waals surface area contributed by atoms with Crippen LogP contribution in [-0.2, 0) is 11.3 Å². The van der Waals surface area contributed by atoms with Crippen molar-refractivity contribution >= 4 is 5.84 Å². The van der Waals surface area contributed by atoms with Gasteiger partial charge < -0.3 is 25.7 Å². The summed E-state index contributed by atoms with van der Waals surface area (Å²) in [6.07, 6.45) is 1.99. The van der Waals surface area contributed by atoms with E-state index in [4.69, 9.17) is 20.4 Å². The molecule has 0 aliphatic carbocycles. The maximum atomic E-state index is 8.85. The number of hydrogen-bond donors (Lipinski definition) is 3. The van der Waals surface area contributed by atoms with Crippen LogP contribution in [0.1, 0.15) is 30.9 Å². The molecule has 0 aromatic heterocycles. The van der Waals surface area contributed by atoms with Crippen molar-refractivity contribution in [1.29, 1.82) is 0 Å². The van der Waals surface area contributed by atoms with E-state index < -0.39 is 0 Å². The summed E-state index contributed by atoms with van der Waals surface area (Å²) in [5, 5.41) is 15.5. The van der Waals surface area contributed by atoms with Gasteiger partial charge in [0.25, 0.3) is 0 Å². The van der Waals surface area contributed by atoms with Crippen LogP contribution in [-0.4, -0.2) is 36.9 Å². The highest BCUT2D eigenvalue weighted by atomic mass is 16.5. The third-order valence-corrected chi connectivity index (χ3v) is 3.96. The maximum Gasteiger partial charge on any atom is 0.173 e. The molecule has 6 nitrogen and oxygen atoms in total. The van der Waals surface area contributed by atoms with Gasteiger partial charge in [0, 0.05) is 25.3 Å². The first-order chi connectivity index (χ1) is 10.1. The Morgan fingerprint density at radius 3 is 2.81 bits per heavy atom. The number of nitrogens with one attached hydrogen (secondary N) is 1. The van der Waals surface area contributed by atoms with Crippen molar-refractivity contribution in [3.63, 3.8) is 0 Å². The highest BCUT2D eigenvalue weighted by Gasteiger charge is 2.26. The predicted octanol–water partition coefficient (Wildman–Crippen LogP) is 1.45. The van der Waals surface area contributed by atoms with Crippen LogP contribution in [0.4, 0.5) is 0 Å². The molecule has 6 heteroatoms. The molecule has 0 saturated carbocycles. The summed E-state index contributed by atoms with van der Waals surface area (Å²) < 4.78 is 10.6. The Labute approximate surface area is 124 Å². The molecule has 1 heterocycles. The topological polar surface area (TPSA) is 89.1 Å². The second-order valence-electron chi connectivity index (χ2n) is 5.55. The van der Waals surface area contributed by atoms with Crippen LogP contribution in [0.3, 0.4) is 0 Å². The van der Waals surface area contributed by atoms with E-state index >= 15 is 0 Å². The van der Waals surface area contributed by atoms with Crippen molar-refractivity contribution in [2.24, 2.45) is 10.9 Å². The number of rotatable bonds is 5. The van der Waals surface area contributed by atoms with E-state index in [2.05, 4.69) is 17.4 Å². The fourth-order valence-electron chi connectivity index (χ4n) is 2.43. The summed E-state index contributed by atoms with van der Waals surface area (Å²) in [7, 11) is 1.56. The van der Waals surface area contributed by atoms with Crippen molar-refractivity contribution in [3.05, 3.63) is 29.3 Å². The molecule has 0 spiro atoms. The first kappa shape index (κ1) is 15.6. The highest BCUT2D eigenvalue weighted by Crippen LogP contribution is 2.23. The first-order valence-electron chi connectivity index (χ1n) is 7.05. The summed E-state index contributed by atoms with van der Waals surface area (Å²) >= 11 is 0. The Bertz CT molecular complexity index is 511. The van der Waals surface area contributed by atoms with Gasteiger partial charge in [-0.1, -0.05) is 11.2 Å². The van der Waals surface area contributed by atoms with E-state index in [0.29, 0.717) is 17.9 Å². The zero-order valence-electron chi connectivity index (χ0n) is 12.6. The molecule has 4 N–H and O–H groups in total. The van der Waals surface area contributed by atoms with Gasteiger partial charge in [0.15, 0.2) is 5.84 Å². The van der Waals surface area contributed by atoms with Crippen LogP contribution in [0.15, 0.2) is 23.4 Å². The first-order valence-corrected chi connectivity index (χ1v) is 7.05. The third-order valence-electron chi connectivity index (χ3n) is 3.96. The van der Waals surface area contributed by atoms with E-state index in [-0.39, 0.29) is 11.4 Å². The average Bonchev–Trinajstić information content (AvgIpc) is 2.52. The molecule has 1 aliphatic heterocycles. The zero-order valence-corrected chi connectivity index (χ0v) is 12.6. The second-order valence-corrected chi connectivity index (χ2v) is 5.55. The molecule has 0 atom stereocenters. The number of oxime groups is 1. The van der Waals surface area contributed by atoms with Crippen molar-refractivity contribution < 1.29 is 14.7 Å². The molecule has 116 valence electrons. The second kappa shape index (κ2) is 6.78. The van der Waals surface area contributed by atoms with E-state index in [9.17, 15) is 0 Å². The molecule has 0 radical (unpaired) electrons. The maximum absolute atomic E-state index is 8.85. The van der Waals surface area contributed by atoms with Crippen molar-refractivity contribution in [1.82, 2.24) is 5.32 Å². The normalized spacial score (nSPS) is 18.5. The molecule has 1 aromatic rings.